The summed E-state index contributed by atoms with van der Waals surface area (Å²) in [5.74, 6) is 0.564. The topological polar surface area (TPSA) is 94.6 Å². The number of hydrogen-bond acceptors (Lipinski definition) is 5. The predicted octanol–water partition coefficient (Wildman–Crippen LogP) is 3.85. The van der Waals surface area contributed by atoms with E-state index in [9.17, 15) is 15.0 Å². The lowest BCUT2D eigenvalue weighted by molar-refractivity contribution is -0.0677. The number of rotatable bonds is 2. The molecule has 5 aliphatic rings. The third kappa shape index (κ3) is 3.27. The third-order valence-corrected chi connectivity index (χ3v) is 10.0. The second-order valence-electron chi connectivity index (χ2n) is 12.8. The molecular weight excluding hydrogens is 452 g/mol. The molecule has 0 aromatic carbocycles. The van der Waals surface area contributed by atoms with E-state index in [0.717, 1.165) is 42.5 Å². The number of pyridine rings is 1. The molecule has 2 bridgehead atoms. The minimum Gasteiger partial charge on any atom is -0.392 e. The molecule has 2 heterocycles. The van der Waals surface area contributed by atoms with Crippen molar-refractivity contribution in [2.45, 2.75) is 90.2 Å². The lowest BCUT2D eigenvalue weighted by atomic mass is 9.62. The van der Waals surface area contributed by atoms with Crippen molar-refractivity contribution in [1.82, 2.24) is 10.3 Å². The SMILES string of the molecule is C/C=C1\[C@H]2C=C(C)C[C@]1(N[C@@H]1OCC3=C4CC(C)(C)[C@H](O)[C@H]4[C@@H](C)CC[C@@]31O)c1ccc(=O)[nH]c1C2. The molecule has 1 aliphatic heterocycles. The van der Waals surface area contributed by atoms with Gasteiger partial charge in [-0.15, -0.1) is 0 Å². The smallest absolute Gasteiger partial charge is 0.248 e. The van der Waals surface area contributed by atoms with Gasteiger partial charge < -0.3 is 19.9 Å². The molecule has 36 heavy (non-hydrogen) atoms. The zero-order chi connectivity index (χ0) is 25.6. The number of ether oxygens (including phenoxy) is 1. The highest BCUT2D eigenvalue weighted by Gasteiger charge is 2.58. The summed E-state index contributed by atoms with van der Waals surface area (Å²) in [6.45, 7) is 11.1. The van der Waals surface area contributed by atoms with E-state index in [1.165, 1.54) is 16.7 Å². The van der Waals surface area contributed by atoms with Crippen molar-refractivity contribution in [3.8, 4) is 0 Å². The van der Waals surface area contributed by atoms with E-state index in [-0.39, 0.29) is 22.8 Å². The largest absolute Gasteiger partial charge is 0.392 e. The molecule has 0 radical (unpaired) electrons. The Bertz CT molecular complexity index is 1260. The predicted molar refractivity (Wildman–Crippen MR) is 139 cm³/mol. The quantitative estimate of drug-likeness (QED) is 0.471. The maximum Gasteiger partial charge on any atom is 0.248 e. The molecule has 4 N–H and O–H groups in total. The summed E-state index contributed by atoms with van der Waals surface area (Å²) in [6, 6.07) is 3.57. The number of aromatic amines is 1. The Morgan fingerprint density at radius 2 is 2.03 bits per heavy atom. The Hall–Kier alpha value is -1.99. The molecule has 6 heteroatoms. The number of fused-ring (bicyclic) bond motifs is 6. The van der Waals surface area contributed by atoms with E-state index in [2.05, 4.69) is 57.1 Å². The van der Waals surface area contributed by atoms with Crippen LogP contribution in [0.3, 0.4) is 0 Å². The Kier molecular flexibility index (Phi) is 5.41. The lowest BCUT2D eigenvalue weighted by Gasteiger charge is -2.50. The summed E-state index contributed by atoms with van der Waals surface area (Å²) >= 11 is 0. The summed E-state index contributed by atoms with van der Waals surface area (Å²) < 4.78 is 6.44. The summed E-state index contributed by atoms with van der Waals surface area (Å²) in [5, 5.41) is 27.5. The standard InChI is InChI=1S/C30H40N2O4/c1-6-20-18-11-16(2)13-29(20,21-7-8-24(33)31-23(21)12-18)32-27-30(35)10-9-17(3)25-19(22(30)15-36-27)14-28(4,5)26(25)34/h6-8,11,17-18,25-27,32,34-35H,9-10,12-15H2,1-5H3,(H,31,33)/b20-6+/t17-,18-,25-,26+,27+,29+,30+/m0/s1. The molecule has 7 atom stereocenters. The van der Waals surface area contributed by atoms with Crippen LogP contribution in [0, 0.1) is 23.2 Å². The van der Waals surface area contributed by atoms with Gasteiger partial charge in [0.15, 0.2) is 0 Å². The number of allylic oxidation sites excluding steroid dienone is 2. The lowest BCUT2D eigenvalue weighted by Crippen LogP contribution is -2.60. The maximum absolute atomic E-state index is 12.4. The van der Waals surface area contributed by atoms with Crippen molar-refractivity contribution in [2.24, 2.45) is 23.2 Å². The number of aliphatic hydroxyl groups excluding tert-OH is 1. The highest BCUT2D eigenvalue weighted by molar-refractivity contribution is 5.50. The van der Waals surface area contributed by atoms with Gasteiger partial charge in [-0.2, -0.15) is 0 Å². The van der Waals surface area contributed by atoms with E-state index in [4.69, 9.17) is 4.74 Å². The number of H-pyrrole nitrogens is 1. The monoisotopic (exact) mass is 492 g/mol. The Labute approximate surface area is 213 Å². The third-order valence-electron chi connectivity index (χ3n) is 10.0. The van der Waals surface area contributed by atoms with Gasteiger partial charge in [0.1, 0.15) is 11.8 Å². The van der Waals surface area contributed by atoms with E-state index < -0.39 is 23.5 Å². The molecule has 0 spiro atoms. The summed E-state index contributed by atoms with van der Waals surface area (Å²) in [6.07, 6.45) is 7.28. The van der Waals surface area contributed by atoms with Crippen LogP contribution in [0.1, 0.15) is 71.6 Å². The van der Waals surface area contributed by atoms with Crippen LogP contribution in [0.25, 0.3) is 0 Å². The van der Waals surface area contributed by atoms with Crippen molar-refractivity contribution in [1.29, 1.82) is 0 Å². The highest BCUT2D eigenvalue weighted by Crippen LogP contribution is 2.56. The molecule has 194 valence electrons. The highest BCUT2D eigenvalue weighted by atomic mass is 16.5. The number of aliphatic hydroxyl groups is 2. The first-order chi connectivity index (χ1) is 17.0. The first kappa shape index (κ1) is 24.4. The van der Waals surface area contributed by atoms with Gasteiger partial charge in [-0.25, -0.2) is 0 Å². The van der Waals surface area contributed by atoms with Crippen LogP contribution < -0.4 is 10.9 Å². The molecular formula is C30H40N2O4. The fourth-order valence-corrected chi connectivity index (χ4v) is 8.32. The van der Waals surface area contributed by atoms with Gasteiger partial charge in [0.05, 0.1) is 18.2 Å². The average Bonchev–Trinajstić information content (AvgIpc) is 3.20. The van der Waals surface area contributed by atoms with Crippen molar-refractivity contribution in [3.63, 3.8) is 0 Å². The molecule has 0 unspecified atom stereocenters. The van der Waals surface area contributed by atoms with Crippen LogP contribution in [0.2, 0.25) is 0 Å². The van der Waals surface area contributed by atoms with Crippen LogP contribution in [-0.4, -0.2) is 39.7 Å². The van der Waals surface area contributed by atoms with Crippen LogP contribution in [0.5, 0.6) is 0 Å². The number of aromatic nitrogens is 1. The second kappa shape index (κ2) is 8.00. The average molecular weight is 493 g/mol. The van der Waals surface area contributed by atoms with Gasteiger partial charge in [-0.3, -0.25) is 10.1 Å². The fraction of sp³-hybridized carbons (Fsp3) is 0.633. The minimum atomic E-state index is -1.13. The van der Waals surface area contributed by atoms with Gasteiger partial charge in [0.2, 0.25) is 5.56 Å². The Balaban J connectivity index is 1.46. The van der Waals surface area contributed by atoms with Crippen molar-refractivity contribution < 1.29 is 14.9 Å². The first-order valence-electron chi connectivity index (χ1n) is 13.6. The molecule has 2 fully saturated rings. The van der Waals surface area contributed by atoms with Gasteiger partial charge in [0, 0.05) is 23.6 Å². The normalized spacial score (nSPS) is 42.0. The van der Waals surface area contributed by atoms with Crippen LogP contribution in [0.15, 0.2) is 51.4 Å². The van der Waals surface area contributed by atoms with E-state index in [0.29, 0.717) is 18.9 Å². The first-order valence-corrected chi connectivity index (χ1v) is 13.6. The van der Waals surface area contributed by atoms with Gasteiger partial charge in [-0.1, -0.05) is 44.1 Å². The number of nitrogens with one attached hydrogen (secondary N) is 2. The zero-order valence-electron chi connectivity index (χ0n) is 22.1. The molecule has 1 saturated carbocycles. The molecule has 0 amide bonds. The van der Waals surface area contributed by atoms with Gasteiger partial charge >= 0.3 is 0 Å². The molecule has 6 rings (SSSR count). The van der Waals surface area contributed by atoms with Crippen molar-refractivity contribution in [2.75, 3.05) is 6.61 Å². The van der Waals surface area contributed by atoms with Crippen molar-refractivity contribution >= 4 is 0 Å². The second-order valence-corrected chi connectivity index (χ2v) is 12.8. The summed E-state index contributed by atoms with van der Waals surface area (Å²) in [5.41, 5.74) is 4.83. The van der Waals surface area contributed by atoms with E-state index in [1.807, 2.05) is 6.07 Å². The van der Waals surface area contributed by atoms with E-state index >= 15 is 0 Å². The number of hydrogen-bond donors (Lipinski definition) is 4. The summed E-state index contributed by atoms with van der Waals surface area (Å²) in [4.78, 5) is 15.3. The van der Waals surface area contributed by atoms with Crippen LogP contribution >= 0.6 is 0 Å². The van der Waals surface area contributed by atoms with Crippen molar-refractivity contribution in [3.05, 3.63) is 68.2 Å². The fourth-order valence-electron chi connectivity index (χ4n) is 8.32. The van der Waals surface area contributed by atoms with E-state index in [1.54, 1.807) is 6.07 Å². The van der Waals surface area contributed by atoms with Crippen LogP contribution in [0.4, 0.5) is 0 Å². The molecule has 1 saturated heterocycles. The van der Waals surface area contributed by atoms with Gasteiger partial charge in [0.25, 0.3) is 0 Å². The minimum absolute atomic E-state index is 0.0698. The molecule has 1 aromatic rings. The maximum atomic E-state index is 12.4. The molecule has 4 aliphatic carbocycles. The molecule has 1 aromatic heterocycles. The van der Waals surface area contributed by atoms with Gasteiger partial charge in [-0.05, 0) is 80.1 Å². The Morgan fingerprint density at radius 3 is 2.78 bits per heavy atom. The van der Waals surface area contributed by atoms with Crippen LogP contribution in [-0.2, 0) is 16.7 Å². The Morgan fingerprint density at radius 1 is 1.25 bits per heavy atom. The summed E-state index contributed by atoms with van der Waals surface area (Å²) in [7, 11) is 0. The molecule has 6 nitrogen and oxygen atoms in total. The zero-order valence-corrected chi connectivity index (χ0v) is 22.1.